The number of hydrogen-bond acceptors (Lipinski definition) is 2. The highest BCUT2D eigenvalue weighted by Gasteiger charge is 2.05. The molecule has 26 heavy (non-hydrogen) atoms. The van der Waals surface area contributed by atoms with Crippen molar-refractivity contribution in [3.05, 3.63) is 59.9 Å². The molecule has 3 aromatic rings. The smallest absolute Gasteiger partial charge is 0.193 e. The number of guanidine groups is 1. The second-order valence-electron chi connectivity index (χ2n) is 6.10. The van der Waals surface area contributed by atoms with Gasteiger partial charge >= 0.3 is 0 Å². The van der Waals surface area contributed by atoms with Crippen LogP contribution in [0.25, 0.3) is 11.0 Å². The zero-order valence-electron chi connectivity index (χ0n) is 15.3. The van der Waals surface area contributed by atoms with Crippen LogP contribution in [0.5, 0.6) is 0 Å². The van der Waals surface area contributed by atoms with E-state index >= 15 is 0 Å². The minimum absolute atomic E-state index is 0. The molecular formula is C20H26IN5. The van der Waals surface area contributed by atoms with Gasteiger partial charge in [0.1, 0.15) is 5.82 Å². The van der Waals surface area contributed by atoms with Gasteiger partial charge in [-0.25, -0.2) is 4.98 Å². The normalized spacial score (nSPS) is 11.4. The number of imidazole rings is 1. The van der Waals surface area contributed by atoms with E-state index in [1.807, 2.05) is 37.3 Å². The Morgan fingerprint density at radius 1 is 1.15 bits per heavy atom. The van der Waals surface area contributed by atoms with Gasteiger partial charge in [-0.3, -0.25) is 4.99 Å². The van der Waals surface area contributed by atoms with Gasteiger partial charge in [0.05, 0.1) is 11.0 Å². The molecule has 2 aromatic carbocycles. The maximum atomic E-state index is 5.98. The number of aryl methyl sites for hydroxylation is 3. The van der Waals surface area contributed by atoms with Crippen LogP contribution in [0.4, 0.5) is 5.69 Å². The molecule has 3 N–H and O–H groups in total. The number of fused-ring (bicyclic) bond motifs is 1. The van der Waals surface area contributed by atoms with Gasteiger partial charge in [-0.15, -0.1) is 24.0 Å². The summed E-state index contributed by atoms with van der Waals surface area (Å²) >= 11 is 0. The standard InChI is InChI=1S/C20H25N5.HI/c1-3-16-9-11-17(12-10-16)24-20(21)22-13-6-14-25-15(2)23-18-7-4-5-8-19(18)25;/h4-5,7-12H,3,6,13-14H2,1-2H3,(H3,21,22,24);1H. The number of nitrogens with zero attached hydrogens (tertiary/aromatic N) is 3. The second-order valence-corrected chi connectivity index (χ2v) is 6.10. The van der Waals surface area contributed by atoms with Crippen molar-refractivity contribution in [2.75, 3.05) is 11.9 Å². The first-order valence-electron chi connectivity index (χ1n) is 8.75. The second kappa shape index (κ2) is 9.56. The summed E-state index contributed by atoms with van der Waals surface area (Å²) in [4.78, 5) is 9.01. The van der Waals surface area contributed by atoms with Crippen LogP contribution in [-0.2, 0) is 13.0 Å². The lowest BCUT2D eigenvalue weighted by atomic mass is 10.1. The molecule has 0 spiro atoms. The van der Waals surface area contributed by atoms with E-state index in [2.05, 4.69) is 45.0 Å². The molecule has 6 heteroatoms. The summed E-state index contributed by atoms with van der Waals surface area (Å²) in [6, 6.07) is 16.5. The number of aromatic nitrogens is 2. The summed E-state index contributed by atoms with van der Waals surface area (Å²) in [5.41, 5.74) is 10.5. The average Bonchev–Trinajstić information content (AvgIpc) is 2.95. The van der Waals surface area contributed by atoms with Crippen molar-refractivity contribution < 1.29 is 0 Å². The van der Waals surface area contributed by atoms with E-state index in [4.69, 9.17) is 5.73 Å². The maximum absolute atomic E-state index is 5.98. The zero-order chi connectivity index (χ0) is 17.6. The maximum Gasteiger partial charge on any atom is 0.193 e. The van der Waals surface area contributed by atoms with Gasteiger partial charge in [0, 0.05) is 18.8 Å². The largest absolute Gasteiger partial charge is 0.370 e. The molecule has 5 nitrogen and oxygen atoms in total. The van der Waals surface area contributed by atoms with Crippen molar-refractivity contribution in [2.45, 2.75) is 33.2 Å². The van der Waals surface area contributed by atoms with E-state index in [9.17, 15) is 0 Å². The Balaban J connectivity index is 0.00000243. The van der Waals surface area contributed by atoms with Crippen molar-refractivity contribution in [2.24, 2.45) is 10.7 Å². The number of nitrogens with two attached hydrogens (primary N) is 1. The summed E-state index contributed by atoms with van der Waals surface area (Å²) in [6.45, 7) is 5.74. The number of anilines is 1. The van der Waals surface area contributed by atoms with Crippen LogP contribution in [0.15, 0.2) is 53.5 Å². The summed E-state index contributed by atoms with van der Waals surface area (Å²) in [5, 5.41) is 3.14. The number of para-hydroxylation sites is 2. The molecule has 1 heterocycles. The number of aliphatic imine (C=N–C) groups is 1. The number of nitrogens with one attached hydrogen (secondary N) is 1. The summed E-state index contributed by atoms with van der Waals surface area (Å²) in [6.07, 6.45) is 1.95. The van der Waals surface area contributed by atoms with Crippen LogP contribution < -0.4 is 11.1 Å². The van der Waals surface area contributed by atoms with Crippen molar-refractivity contribution in [3.8, 4) is 0 Å². The SMILES string of the molecule is CCc1ccc(NC(N)=NCCCn2c(C)nc3ccccc32)cc1.I. The molecule has 0 saturated heterocycles. The lowest BCUT2D eigenvalue weighted by Crippen LogP contribution is -2.23. The van der Waals surface area contributed by atoms with Gasteiger partial charge in [-0.2, -0.15) is 0 Å². The number of rotatable bonds is 6. The molecule has 0 atom stereocenters. The Morgan fingerprint density at radius 2 is 1.88 bits per heavy atom. The number of hydrogen-bond donors (Lipinski definition) is 2. The quantitative estimate of drug-likeness (QED) is 0.247. The van der Waals surface area contributed by atoms with Crippen LogP contribution in [0, 0.1) is 6.92 Å². The third-order valence-electron chi connectivity index (χ3n) is 4.30. The first kappa shape index (κ1) is 20.2. The fourth-order valence-electron chi connectivity index (χ4n) is 2.92. The fourth-order valence-corrected chi connectivity index (χ4v) is 2.92. The number of halogens is 1. The van der Waals surface area contributed by atoms with Crippen LogP contribution in [0.2, 0.25) is 0 Å². The average molecular weight is 463 g/mol. The van der Waals surface area contributed by atoms with E-state index in [1.165, 1.54) is 11.1 Å². The van der Waals surface area contributed by atoms with E-state index in [0.29, 0.717) is 12.5 Å². The molecule has 0 bridgehead atoms. The molecule has 0 amide bonds. The summed E-state index contributed by atoms with van der Waals surface area (Å²) in [5.74, 6) is 1.49. The Morgan fingerprint density at radius 3 is 2.62 bits per heavy atom. The fraction of sp³-hybridized carbons (Fsp3) is 0.300. The molecule has 0 saturated carbocycles. The molecule has 0 aliphatic carbocycles. The topological polar surface area (TPSA) is 68.2 Å². The minimum atomic E-state index is 0. The Kier molecular flexibility index (Phi) is 7.44. The lowest BCUT2D eigenvalue weighted by molar-refractivity contribution is 0.649. The van der Waals surface area contributed by atoms with Crippen molar-refractivity contribution >= 4 is 46.7 Å². The Labute approximate surface area is 171 Å². The van der Waals surface area contributed by atoms with E-state index < -0.39 is 0 Å². The minimum Gasteiger partial charge on any atom is -0.370 e. The van der Waals surface area contributed by atoms with Crippen LogP contribution in [0.3, 0.4) is 0 Å². The molecule has 0 aliphatic rings. The van der Waals surface area contributed by atoms with Crippen LogP contribution >= 0.6 is 24.0 Å². The third-order valence-corrected chi connectivity index (χ3v) is 4.30. The van der Waals surface area contributed by atoms with E-state index in [1.54, 1.807) is 0 Å². The first-order valence-corrected chi connectivity index (χ1v) is 8.75. The van der Waals surface area contributed by atoms with Crippen molar-refractivity contribution in [1.29, 1.82) is 0 Å². The van der Waals surface area contributed by atoms with Gasteiger partial charge in [0.2, 0.25) is 0 Å². The van der Waals surface area contributed by atoms with Gasteiger partial charge in [-0.1, -0.05) is 31.2 Å². The third kappa shape index (κ3) is 4.97. The van der Waals surface area contributed by atoms with Gasteiger partial charge in [-0.05, 0) is 49.6 Å². The number of benzene rings is 2. The van der Waals surface area contributed by atoms with Gasteiger partial charge < -0.3 is 15.6 Å². The Hall–Kier alpha value is -2.09. The highest BCUT2D eigenvalue weighted by atomic mass is 127. The molecule has 0 fully saturated rings. The molecule has 0 aliphatic heterocycles. The molecule has 0 unspecified atom stereocenters. The van der Waals surface area contributed by atoms with Gasteiger partial charge in [0.15, 0.2) is 5.96 Å². The van der Waals surface area contributed by atoms with Crippen LogP contribution in [-0.4, -0.2) is 22.1 Å². The zero-order valence-corrected chi connectivity index (χ0v) is 17.6. The van der Waals surface area contributed by atoms with E-state index in [0.717, 1.165) is 36.4 Å². The summed E-state index contributed by atoms with van der Waals surface area (Å²) in [7, 11) is 0. The molecular weight excluding hydrogens is 437 g/mol. The monoisotopic (exact) mass is 463 g/mol. The predicted octanol–water partition coefficient (Wildman–Crippen LogP) is 4.34. The molecule has 0 radical (unpaired) electrons. The van der Waals surface area contributed by atoms with E-state index in [-0.39, 0.29) is 24.0 Å². The van der Waals surface area contributed by atoms with Crippen molar-refractivity contribution in [1.82, 2.24) is 9.55 Å². The molecule has 1 aromatic heterocycles. The highest BCUT2D eigenvalue weighted by molar-refractivity contribution is 14.0. The van der Waals surface area contributed by atoms with Crippen LogP contribution in [0.1, 0.15) is 24.7 Å². The Bertz CT molecular complexity index is 868. The summed E-state index contributed by atoms with van der Waals surface area (Å²) < 4.78 is 2.23. The predicted molar refractivity (Wildman–Crippen MR) is 120 cm³/mol. The molecule has 3 rings (SSSR count). The first-order chi connectivity index (χ1) is 12.2. The highest BCUT2D eigenvalue weighted by Crippen LogP contribution is 2.15. The van der Waals surface area contributed by atoms with Crippen molar-refractivity contribution in [3.63, 3.8) is 0 Å². The van der Waals surface area contributed by atoms with Gasteiger partial charge in [0.25, 0.3) is 0 Å². The molecule has 138 valence electrons. The lowest BCUT2D eigenvalue weighted by Gasteiger charge is -2.08.